The number of halogens is 2. The van der Waals surface area contributed by atoms with E-state index >= 15 is 0 Å². The number of nitrogens with one attached hydrogen (secondary N) is 2. The van der Waals surface area contributed by atoms with Gasteiger partial charge in [-0.05, 0) is 63.1 Å². The van der Waals surface area contributed by atoms with Crippen LogP contribution in [0.25, 0.3) is 0 Å². The molecule has 3 aromatic carbocycles. The SMILES string of the molecule is CCCC(=O)N(Cc1ccccc1F)Nc1ccc(Cl)cc1Oc1cccc(CNC(=O)OC(C)(C)C)c1. The van der Waals surface area contributed by atoms with Gasteiger partial charge >= 0.3 is 6.09 Å². The summed E-state index contributed by atoms with van der Waals surface area (Å²) in [6.07, 6.45) is 0.414. The number of rotatable bonds is 10. The number of carbonyl (C=O) groups is 2. The van der Waals surface area contributed by atoms with Crippen molar-refractivity contribution in [1.82, 2.24) is 10.3 Å². The number of hydrogen-bond acceptors (Lipinski definition) is 5. The molecular formula is C29H33ClFN3O4. The Morgan fingerprint density at radius 3 is 2.50 bits per heavy atom. The van der Waals surface area contributed by atoms with Crippen molar-refractivity contribution in [3.05, 3.63) is 88.7 Å². The number of hydrogen-bond donors (Lipinski definition) is 2. The second-order valence-electron chi connectivity index (χ2n) is 9.68. The van der Waals surface area contributed by atoms with Crippen LogP contribution in [0.15, 0.2) is 66.7 Å². The monoisotopic (exact) mass is 541 g/mol. The van der Waals surface area contributed by atoms with Crippen molar-refractivity contribution >= 4 is 29.3 Å². The van der Waals surface area contributed by atoms with Crippen LogP contribution >= 0.6 is 11.6 Å². The fourth-order valence-corrected chi connectivity index (χ4v) is 3.65. The Hall–Kier alpha value is -3.78. The standard InChI is InChI=1S/C29H33ClFN3O4/c1-5-9-27(35)34(19-21-11-6-7-13-24(21)31)33-25-15-14-22(30)17-26(25)37-23-12-8-10-20(16-23)18-32-28(36)38-29(2,3)4/h6-8,10-17,33H,5,9,18-19H2,1-4H3,(H,32,36). The van der Waals surface area contributed by atoms with Crippen molar-refractivity contribution in [2.45, 2.75) is 59.2 Å². The highest BCUT2D eigenvalue weighted by molar-refractivity contribution is 6.30. The van der Waals surface area contributed by atoms with Crippen LogP contribution in [0.3, 0.4) is 0 Å². The van der Waals surface area contributed by atoms with Gasteiger partial charge in [0.25, 0.3) is 0 Å². The molecule has 7 nitrogen and oxygen atoms in total. The Balaban J connectivity index is 1.79. The predicted molar refractivity (Wildman–Crippen MR) is 147 cm³/mol. The Bertz CT molecular complexity index is 1260. The van der Waals surface area contributed by atoms with Crippen LogP contribution in [0.2, 0.25) is 5.02 Å². The first-order valence-electron chi connectivity index (χ1n) is 12.4. The largest absolute Gasteiger partial charge is 0.455 e. The maximum absolute atomic E-state index is 14.3. The smallest absolute Gasteiger partial charge is 0.407 e. The third-order valence-corrected chi connectivity index (χ3v) is 5.45. The van der Waals surface area contributed by atoms with Crippen LogP contribution < -0.4 is 15.5 Å². The van der Waals surface area contributed by atoms with Crippen molar-refractivity contribution < 1.29 is 23.5 Å². The topological polar surface area (TPSA) is 79.9 Å². The molecule has 0 bridgehead atoms. The van der Waals surface area contributed by atoms with Crippen LogP contribution in [0.4, 0.5) is 14.9 Å². The molecule has 9 heteroatoms. The highest BCUT2D eigenvalue weighted by atomic mass is 35.5. The summed E-state index contributed by atoms with van der Waals surface area (Å²) >= 11 is 6.25. The summed E-state index contributed by atoms with van der Waals surface area (Å²) in [6, 6.07) is 18.5. The van der Waals surface area contributed by atoms with Crippen LogP contribution in [-0.4, -0.2) is 22.6 Å². The lowest BCUT2D eigenvalue weighted by atomic mass is 10.2. The van der Waals surface area contributed by atoms with Gasteiger partial charge in [-0.2, -0.15) is 0 Å². The lowest BCUT2D eigenvalue weighted by molar-refractivity contribution is -0.130. The molecule has 0 radical (unpaired) electrons. The van der Waals surface area contributed by atoms with E-state index in [0.717, 1.165) is 5.56 Å². The highest BCUT2D eigenvalue weighted by Gasteiger charge is 2.18. The van der Waals surface area contributed by atoms with E-state index in [4.69, 9.17) is 21.1 Å². The molecule has 0 unspecified atom stereocenters. The summed E-state index contributed by atoms with van der Waals surface area (Å²) in [7, 11) is 0. The molecule has 0 heterocycles. The zero-order valence-corrected chi connectivity index (χ0v) is 22.8. The van der Waals surface area contributed by atoms with Crippen LogP contribution in [0.1, 0.15) is 51.7 Å². The van der Waals surface area contributed by atoms with E-state index in [1.165, 1.54) is 11.1 Å². The summed E-state index contributed by atoms with van der Waals surface area (Å²) in [5, 5.41) is 4.53. The van der Waals surface area contributed by atoms with E-state index in [0.29, 0.717) is 34.2 Å². The molecule has 3 rings (SSSR count). The van der Waals surface area contributed by atoms with Crippen molar-refractivity contribution in [2.75, 3.05) is 5.43 Å². The molecule has 38 heavy (non-hydrogen) atoms. The molecule has 0 aliphatic heterocycles. The number of nitrogens with zero attached hydrogens (tertiary/aromatic N) is 1. The van der Waals surface area contributed by atoms with E-state index in [9.17, 15) is 14.0 Å². The van der Waals surface area contributed by atoms with Crippen molar-refractivity contribution in [3.8, 4) is 11.5 Å². The maximum Gasteiger partial charge on any atom is 0.407 e. The number of hydrazine groups is 1. The molecule has 2 N–H and O–H groups in total. The average Bonchev–Trinajstić information content (AvgIpc) is 2.84. The summed E-state index contributed by atoms with van der Waals surface area (Å²) in [5.41, 5.74) is 4.15. The van der Waals surface area contributed by atoms with E-state index in [1.807, 2.05) is 13.0 Å². The molecular weight excluding hydrogens is 509 g/mol. The molecule has 0 saturated heterocycles. The third-order valence-electron chi connectivity index (χ3n) is 5.21. The van der Waals surface area contributed by atoms with Crippen LogP contribution in [-0.2, 0) is 22.6 Å². The van der Waals surface area contributed by atoms with Gasteiger partial charge in [0.2, 0.25) is 5.91 Å². The van der Waals surface area contributed by atoms with E-state index in [1.54, 1.807) is 75.4 Å². The third kappa shape index (κ3) is 8.95. The number of anilines is 1. The second kappa shape index (κ2) is 13.1. The number of alkyl carbamates (subject to hydrolysis) is 1. The second-order valence-corrected chi connectivity index (χ2v) is 10.1. The van der Waals surface area contributed by atoms with Gasteiger partial charge in [-0.3, -0.25) is 15.2 Å². The van der Waals surface area contributed by atoms with Gasteiger partial charge in [0.1, 0.15) is 17.2 Å². The molecule has 0 fully saturated rings. The minimum Gasteiger partial charge on any atom is -0.455 e. The predicted octanol–water partition coefficient (Wildman–Crippen LogP) is 7.45. The zero-order valence-electron chi connectivity index (χ0n) is 22.0. The van der Waals surface area contributed by atoms with Crippen LogP contribution in [0, 0.1) is 5.82 Å². The zero-order chi connectivity index (χ0) is 27.7. The summed E-state index contributed by atoms with van der Waals surface area (Å²) < 4.78 is 25.8. The Morgan fingerprint density at radius 1 is 1.03 bits per heavy atom. The number of ether oxygens (including phenoxy) is 2. The highest BCUT2D eigenvalue weighted by Crippen LogP contribution is 2.33. The molecule has 2 amide bonds. The van der Waals surface area contributed by atoms with E-state index in [-0.39, 0.29) is 25.4 Å². The number of carbonyl (C=O) groups excluding carboxylic acids is 2. The Labute approximate surface area is 227 Å². The van der Waals surface area contributed by atoms with Gasteiger partial charge in [0.15, 0.2) is 5.75 Å². The van der Waals surface area contributed by atoms with Gasteiger partial charge < -0.3 is 14.8 Å². The molecule has 0 atom stereocenters. The van der Waals surface area contributed by atoms with Gasteiger partial charge in [0, 0.05) is 29.6 Å². The number of benzene rings is 3. The molecule has 3 aromatic rings. The minimum absolute atomic E-state index is 0.0272. The summed E-state index contributed by atoms with van der Waals surface area (Å²) in [6.45, 7) is 7.57. The Kier molecular flexibility index (Phi) is 9.96. The minimum atomic E-state index is -0.594. The fraction of sp³-hybridized carbons (Fsp3) is 0.310. The summed E-state index contributed by atoms with van der Waals surface area (Å²) in [5.74, 6) is 0.289. The summed E-state index contributed by atoms with van der Waals surface area (Å²) in [4.78, 5) is 24.9. The first-order chi connectivity index (χ1) is 18.0. The van der Waals surface area contributed by atoms with Gasteiger partial charge in [-0.25, -0.2) is 9.18 Å². The van der Waals surface area contributed by atoms with Gasteiger partial charge in [-0.15, -0.1) is 0 Å². The van der Waals surface area contributed by atoms with Crippen molar-refractivity contribution in [2.24, 2.45) is 0 Å². The van der Waals surface area contributed by atoms with Crippen molar-refractivity contribution in [3.63, 3.8) is 0 Å². The molecule has 0 saturated carbocycles. The van der Waals surface area contributed by atoms with E-state index in [2.05, 4.69) is 10.7 Å². The molecule has 0 spiro atoms. The normalized spacial score (nSPS) is 11.0. The molecule has 0 aliphatic rings. The molecule has 0 aromatic heterocycles. The lowest BCUT2D eigenvalue weighted by Crippen LogP contribution is -2.36. The molecule has 0 aliphatic carbocycles. The molecule has 202 valence electrons. The van der Waals surface area contributed by atoms with E-state index < -0.39 is 17.5 Å². The fourth-order valence-electron chi connectivity index (χ4n) is 3.49. The van der Waals surface area contributed by atoms with Gasteiger partial charge in [-0.1, -0.05) is 48.9 Å². The lowest BCUT2D eigenvalue weighted by Gasteiger charge is -2.26. The van der Waals surface area contributed by atoms with Gasteiger partial charge in [0.05, 0.1) is 12.2 Å². The maximum atomic E-state index is 14.3. The first-order valence-corrected chi connectivity index (χ1v) is 12.8. The first kappa shape index (κ1) is 28.8. The number of amides is 2. The average molecular weight is 542 g/mol. The van der Waals surface area contributed by atoms with Crippen molar-refractivity contribution in [1.29, 1.82) is 0 Å². The Morgan fingerprint density at radius 2 is 1.79 bits per heavy atom. The van der Waals surface area contributed by atoms with Crippen LogP contribution in [0.5, 0.6) is 11.5 Å². The quantitative estimate of drug-likeness (QED) is 0.260.